The fourth-order valence-electron chi connectivity index (χ4n) is 3.04. The summed E-state index contributed by atoms with van der Waals surface area (Å²) in [6, 6.07) is 15.9. The number of nitrogens with one attached hydrogen (secondary N) is 1. The molecule has 0 fully saturated rings. The number of aromatic amines is 1. The molecule has 4 aromatic rings. The molecule has 1 amide bonds. The van der Waals surface area contributed by atoms with Gasteiger partial charge >= 0.3 is 0 Å². The molecule has 0 saturated carbocycles. The van der Waals surface area contributed by atoms with Crippen LogP contribution < -0.4 is 5.73 Å². The Morgan fingerprint density at radius 3 is 2.54 bits per heavy atom. The molecule has 2 aromatic carbocycles. The lowest BCUT2D eigenvalue weighted by molar-refractivity contribution is 0.100. The molecule has 0 unspecified atom stereocenters. The van der Waals surface area contributed by atoms with Gasteiger partial charge in [0.2, 0.25) is 5.91 Å². The maximum atomic E-state index is 14.0. The van der Waals surface area contributed by atoms with Gasteiger partial charge < -0.3 is 10.7 Å². The number of carbonyl (C=O) groups excluding carboxylic acids is 1. The van der Waals surface area contributed by atoms with Crippen molar-refractivity contribution < 1.29 is 9.18 Å². The highest BCUT2D eigenvalue weighted by molar-refractivity contribution is 5.93. The largest absolute Gasteiger partial charge is 0.366 e. The zero-order chi connectivity index (χ0) is 18.1. The lowest BCUT2D eigenvalue weighted by Crippen LogP contribution is -2.10. The van der Waals surface area contributed by atoms with Gasteiger partial charge in [0.1, 0.15) is 11.5 Å². The number of fused-ring (bicyclic) bond motifs is 1. The third kappa shape index (κ3) is 2.95. The van der Waals surface area contributed by atoms with Gasteiger partial charge in [0.15, 0.2) is 0 Å². The number of pyridine rings is 1. The average Bonchev–Trinajstić information content (AvgIpc) is 3.06. The highest BCUT2D eigenvalue weighted by Crippen LogP contribution is 2.26. The molecule has 0 aliphatic heterocycles. The van der Waals surface area contributed by atoms with Crippen molar-refractivity contribution in [2.45, 2.75) is 6.42 Å². The van der Waals surface area contributed by atoms with Crippen molar-refractivity contribution in [2.24, 2.45) is 5.73 Å². The number of hydrogen-bond acceptors (Lipinski definition) is 2. The first-order chi connectivity index (χ1) is 12.6. The number of halogens is 1. The summed E-state index contributed by atoms with van der Waals surface area (Å²) in [6.45, 7) is 0. The molecule has 2 aromatic heterocycles. The van der Waals surface area contributed by atoms with Crippen LogP contribution in [0.3, 0.4) is 0 Å². The fourth-order valence-corrected chi connectivity index (χ4v) is 3.04. The summed E-state index contributed by atoms with van der Waals surface area (Å²) in [5, 5.41) is 0.949. The predicted octanol–water partition coefficient (Wildman–Crippen LogP) is 4.06. The van der Waals surface area contributed by atoms with Crippen LogP contribution in [-0.4, -0.2) is 15.9 Å². The standard InChI is InChI=1S/C21H16FN3O/c22-19-4-2-1-3-15(19)9-17-12-25-21-18(17)10-16(11-24-21)13-5-7-14(8-6-13)20(23)26/h1-8,10-12H,9H2,(H2,23,26)(H,24,25). The summed E-state index contributed by atoms with van der Waals surface area (Å²) in [5.74, 6) is -0.670. The molecule has 2 heterocycles. The van der Waals surface area contributed by atoms with Crippen molar-refractivity contribution in [3.05, 3.63) is 89.5 Å². The van der Waals surface area contributed by atoms with Crippen LogP contribution >= 0.6 is 0 Å². The van der Waals surface area contributed by atoms with Crippen LogP contribution in [0, 0.1) is 5.82 Å². The van der Waals surface area contributed by atoms with Crippen molar-refractivity contribution in [3.8, 4) is 11.1 Å². The summed E-state index contributed by atoms with van der Waals surface area (Å²) in [7, 11) is 0. The zero-order valence-corrected chi connectivity index (χ0v) is 13.9. The molecule has 0 saturated heterocycles. The molecular weight excluding hydrogens is 329 g/mol. The van der Waals surface area contributed by atoms with E-state index in [4.69, 9.17) is 5.73 Å². The highest BCUT2D eigenvalue weighted by Gasteiger charge is 2.10. The molecule has 3 N–H and O–H groups in total. The van der Waals surface area contributed by atoms with Crippen LogP contribution in [-0.2, 0) is 6.42 Å². The molecule has 0 aliphatic carbocycles. The Balaban J connectivity index is 1.72. The lowest BCUT2D eigenvalue weighted by Gasteiger charge is -2.05. The molecule has 4 rings (SSSR count). The van der Waals surface area contributed by atoms with Gasteiger partial charge in [-0.2, -0.15) is 0 Å². The second kappa shape index (κ2) is 6.44. The molecule has 4 nitrogen and oxygen atoms in total. The number of benzene rings is 2. The van der Waals surface area contributed by atoms with E-state index >= 15 is 0 Å². The van der Waals surface area contributed by atoms with E-state index in [1.807, 2.05) is 30.5 Å². The van der Waals surface area contributed by atoms with Crippen molar-refractivity contribution in [2.75, 3.05) is 0 Å². The quantitative estimate of drug-likeness (QED) is 0.585. The van der Waals surface area contributed by atoms with Crippen molar-refractivity contribution in [1.82, 2.24) is 9.97 Å². The molecular formula is C21H16FN3O. The van der Waals surface area contributed by atoms with Crippen molar-refractivity contribution in [1.29, 1.82) is 0 Å². The van der Waals surface area contributed by atoms with Gasteiger partial charge in [0, 0.05) is 35.3 Å². The number of aromatic nitrogens is 2. The summed E-state index contributed by atoms with van der Waals surface area (Å²) in [6.07, 6.45) is 4.12. The first kappa shape index (κ1) is 16.0. The van der Waals surface area contributed by atoms with Gasteiger partial charge in [-0.25, -0.2) is 9.37 Å². The third-order valence-corrected chi connectivity index (χ3v) is 4.46. The summed E-state index contributed by atoms with van der Waals surface area (Å²) >= 11 is 0. The SMILES string of the molecule is NC(=O)c1ccc(-c2cnc3[nH]cc(Cc4ccccc4F)c3c2)cc1. The average molecular weight is 345 g/mol. The topological polar surface area (TPSA) is 71.8 Å². The number of nitrogens with two attached hydrogens (primary N) is 1. The number of H-pyrrole nitrogens is 1. The van der Waals surface area contributed by atoms with E-state index in [-0.39, 0.29) is 5.82 Å². The van der Waals surface area contributed by atoms with Crippen LogP contribution in [0.4, 0.5) is 4.39 Å². The van der Waals surface area contributed by atoms with E-state index in [0.717, 1.165) is 27.7 Å². The number of amides is 1. The Morgan fingerprint density at radius 2 is 1.81 bits per heavy atom. The first-order valence-electron chi connectivity index (χ1n) is 8.21. The lowest BCUT2D eigenvalue weighted by atomic mass is 10.0. The summed E-state index contributed by atoms with van der Waals surface area (Å²) in [4.78, 5) is 18.8. The second-order valence-electron chi connectivity index (χ2n) is 6.14. The van der Waals surface area contributed by atoms with Crippen LogP contribution in [0.15, 0.2) is 67.0 Å². The van der Waals surface area contributed by atoms with Crippen LogP contribution in [0.1, 0.15) is 21.5 Å². The molecule has 0 atom stereocenters. The zero-order valence-electron chi connectivity index (χ0n) is 13.9. The van der Waals surface area contributed by atoms with E-state index in [9.17, 15) is 9.18 Å². The van der Waals surface area contributed by atoms with E-state index in [2.05, 4.69) is 9.97 Å². The maximum absolute atomic E-state index is 14.0. The Labute approximate surface area is 149 Å². The highest BCUT2D eigenvalue weighted by atomic mass is 19.1. The molecule has 5 heteroatoms. The molecule has 0 aliphatic rings. The molecule has 0 radical (unpaired) electrons. The van der Waals surface area contributed by atoms with Crippen LogP contribution in [0.2, 0.25) is 0 Å². The maximum Gasteiger partial charge on any atom is 0.248 e. The van der Waals surface area contributed by atoms with Crippen LogP contribution in [0.5, 0.6) is 0 Å². The monoisotopic (exact) mass is 345 g/mol. The van der Waals surface area contributed by atoms with Gasteiger partial charge in [-0.05, 0) is 41.0 Å². The number of rotatable bonds is 4. The molecule has 0 bridgehead atoms. The van der Waals surface area contributed by atoms with Crippen LogP contribution in [0.25, 0.3) is 22.2 Å². The fraction of sp³-hybridized carbons (Fsp3) is 0.0476. The molecule has 0 spiro atoms. The normalized spacial score (nSPS) is 11.0. The molecule has 128 valence electrons. The van der Waals surface area contributed by atoms with E-state index in [1.165, 1.54) is 6.07 Å². The summed E-state index contributed by atoms with van der Waals surface area (Å²) < 4.78 is 14.0. The second-order valence-corrected chi connectivity index (χ2v) is 6.14. The minimum atomic E-state index is -0.456. The van der Waals surface area contributed by atoms with E-state index < -0.39 is 5.91 Å². The van der Waals surface area contributed by atoms with E-state index in [0.29, 0.717) is 17.5 Å². The van der Waals surface area contributed by atoms with Gasteiger partial charge in [-0.1, -0.05) is 30.3 Å². The van der Waals surface area contributed by atoms with Gasteiger partial charge in [-0.3, -0.25) is 4.79 Å². The smallest absolute Gasteiger partial charge is 0.248 e. The van der Waals surface area contributed by atoms with Gasteiger partial charge in [0.25, 0.3) is 0 Å². The van der Waals surface area contributed by atoms with Crippen molar-refractivity contribution >= 4 is 16.9 Å². The Kier molecular flexibility index (Phi) is 3.97. The summed E-state index contributed by atoms with van der Waals surface area (Å²) in [5.41, 5.74) is 9.98. The van der Waals surface area contributed by atoms with Gasteiger partial charge in [-0.15, -0.1) is 0 Å². The number of hydrogen-bond donors (Lipinski definition) is 2. The number of carbonyl (C=O) groups is 1. The Bertz CT molecular complexity index is 1100. The first-order valence-corrected chi connectivity index (χ1v) is 8.21. The predicted molar refractivity (Wildman–Crippen MR) is 99.3 cm³/mol. The van der Waals surface area contributed by atoms with Crippen molar-refractivity contribution in [3.63, 3.8) is 0 Å². The minimum absolute atomic E-state index is 0.215. The Morgan fingerprint density at radius 1 is 1.04 bits per heavy atom. The minimum Gasteiger partial charge on any atom is -0.366 e. The number of nitrogens with zero attached hydrogens (tertiary/aromatic N) is 1. The Hall–Kier alpha value is -3.47. The third-order valence-electron chi connectivity index (χ3n) is 4.46. The van der Waals surface area contributed by atoms with Gasteiger partial charge in [0.05, 0.1) is 0 Å². The van der Waals surface area contributed by atoms with E-state index in [1.54, 1.807) is 30.5 Å². The number of primary amides is 1. The molecule has 26 heavy (non-hydrogen) atoms.